The number of carboxylic acid groups (broad SMARTS) is 1. The summed E-state index contributed by atoms with van der Waals surface area (Å²) < 4.78 is 10.1. The van der Waals surface area contributed by atoms with E-state index in [1.165, 1.54) is 38.0 Å². The lowest BCUT2D eigenvalue weighted by Crippen LogP contribution is -2.61. The summed E-state index contributed by atoms with van der Waals surface area (Å²) in [5.41, 5.74) is 10.4. The second-order valence-electron chi connectivity index (χ2n) is 18.8. The Hall–Kier alpha value is -6.42. The summed E-state index contributed by atoms with van der Waals surface area (Å²) in [5.74, 6) is -3.14. The lowest BCUT2D eigenvalue weighted by atomic mass is 9.85. The van der Waals surface area contributed by atoms with E-state index < -0.39 is 78.2 Å². The molecule has 15 heteroatoms. The Morgan fingerprint density at radius 1 is 0.549 bits per heavy atom. The molecule has 0 spiro atoms. The molecule has 0 unspecified atom stereocenters. The zero-order valence-corrected chi connectivity index (χ0v) is 43.9. The van der Waals surface area contributed by atoms with Crippen LogP contribution < -0.4 is 32.3 Å². The van der Waals surface area contributed by atoms with Crippen LogP contribution >= 0.6 is 0 Å². The molecule has 390 valence electrons. The molecule has 0 saturated heterocycles. The predicted octanol–water partition coefficient (Wildman–Crippen LogP) is 6.64. The molecular weight excluding hydrogens is 901 g/mol. The SMILES string of the molecule is CC(C)C.CC(C)C.CNC(=O)C[C@H](NC(=O)[C@H](CC(C)C)NC(=O)[C@@H](NC(=O)[C@@H](N)COC)[C@@H](C)OC)C(=O)N[C@@H](Cc1ccccc1)C(=O)O.c1ccc(C(c2ccccc2)c2ccccc2)cc1. The summed E-state index contributed by atoms with van der Waals surface area (Å²) in [6, 6.07) is 34.4. The maximum atomic E-state index is 13.5. The Balaban J connectivity index is 0.000000754. The molecule has 4 rings (SSSR count). The first-order valence-electron chi connectivity index (χ1n) is 24.3. The number of nitrogens with two attached hydrogens (primary N) is 1. The van der Waals surface area contributed by atoms with E-state index in [0.717, 1.165) is 11.8 Å². The van der Waals surface area contributed by atoms with Crippen molar-refractivity contribution < 1.29 is 43.3 Å². The first kappa shape index (κ1) is 62.6. The van der Waals surface area contributed by atoms with Gasteiger partial charge in [0.25, 0.3) is 0 Å². The van der Waals surface area contributed by atoms with Crippen LogP contribution in [0.25, 0.3) is 0 Å². The van der Waals surface area contributed by atoms with Crippen molar-refractivity contribution in [2.75, 3.05) is 27.9 Å². The molecule has 0 aromatic heterocycles. The number of hydrogen-bond donors (Lipinski definition) is 7. The van der Waals surface area contributed by atoms with Gasteiger partial charge in [0.1, 0.15) is 30.2 Å². The van der Waals surface area contributed by atoms with Crippen LogP contribution in [0.15, 0.2) is 121 Å². The molecule has 0 aliphatic rings. The number of hydrogen-bond acceptors (Lipinski definition) is 9. The highest BCUT2D eigenvalue weighted by Crippen LogP contribution is 2.31. The summed E-state index contributed by atoms with van der Waals surface area (Å²) >= 11 is 0. The van der Waals surface area contributed by atoms with Crippen molar-refractivity contribution in [1.82, 2.24) is 26.6 Å². The van der Waals surface area contributed by atoms with Crippen LogP contribution in [0.5, 0.6) is 0 Å². The zero-order valence-electron chi connectivity index (χ0n) is 43.9. The van der Waals surface area contributed by atoms with Crippen LogP contribution in [-0.4, -0.2) is 105 Å². The van der Waals surface area contributed by atoms with Gasteiger partial charge in [0.15, 0.2) is 0 Å². The Morgan fingerprint density at radius 3 is 1.32 bits per heavy atom. The number of benzene rings is 4. The summed E-state index contributed by atoms with van der Waals surface area (Å²) in [4.78, 5) is 76.7. The van der Waals surface area contributed by atoms with Crippen LogP contribution in [-0.2, 0) is 44.7 Å². The lowest BCUT2D eigenvalue weighted by molar-refractivity contribution is -0.142. The van der Waals surface area contributed by atoms with Crippen molar-refractivity contribution in [3.8, 4) is 0 Å². The van der Waals surface area contributed by atoms with Gasteiger partial charge < -0.3 is 46.9 Å². The summed E-state index contributed by atoms with van der Waals surface area (Å²) in [6.45, 7) is 18.1. The lowest BCUT2D eigenvalue weighted by Gasteiger charge is -2.28. The number of carbonyl (C=O) groups excluding carboxylic acids is 5. The first-order valence-corrected chi connectivity index (χ1v) is 24.3. The molecule has 0 radical (unpaired) electrons. The fraction of sp³-hybridized carbons (Fsp3) is 0.464. The van der Waals surface area contributed by atoms with Crippen molar-refractivity contribution in [1.29, 1.82) is 0 Å². The molecule has 0 aliphatic carbocycles. The van der Waals surface area contributed by atoms with Gasteiger partial charge in [-0.1, -0.05) is 177 Å². The molecule has 0 heterocycles. The maximum absolute atomic E-state index is 13.5. The van der Waals surface area contributed by atoms with Gasteiger partial charge in [-0.15, -0.1) is 0 Å². The maximum Gasteiger partial charge on any atom is 0.326 e. The van der Waals surface area contributed by atoms with Crippen molar-refractivity contribution in [3.05, 3.63) is 144 Å². The van der Waals surface area contributed by atoms with Crippen molar-refractivity contribution in [3.63, 3.8) is 0 Å². The molecule has 0 saturated carbocycles. The van der Waals surface area contributed by atoms with E-state index in [2.05, 4.69) is 159 Å². The highest BCUT2D eigenvalue weighted by atomic mass is 16.5. The number of amides is 5. The Bertz CT molecular complexity index is 2020. The second-order valence-corrected chi connectivity index (χ2v) is 18.8. The number of carbonyl (C=O) groups is 6. The molecule has 5 amide bonds. The molecule has 8 N–H and O–H groups in total. The summed E-state index contributed by atoms with van der Waals surface area (Å²) in [6.07, 6.45) is -1.22. The second kappa shape index (κ2) is 34.8. The van der Waals surface area contributed by atoms with Crippen LogP contribution in [0, 0.1) is 17.8 Å². The minimum Gasteiger partial charge on any atom is -0.480 e. The normalized spacial score (nSPS) is 13.2. The molecule has 0 fully saturated rings. The number of aliphatic carboxylic acids is 1. The Kier molecular flexibility index (Phi) is 30.7. The van der Waals surface area contributed by atoms with Crippen LogP contribution in [0.4, 0.5) is 0 Å². The molecule has 4 aromatic rings. The minimum atomic E-state index is -1.47. The molecule has 71 heavy (non-hydrogen) atoms. The third-order valence-electron chi connectivity index (χ3n) is 10.0. The predicted molar refractivity (Wildman–Crippen MR) is 281 cm³/mol. The minimum absolute atomic E-state index is 0.0343. The monoisotopic (exact) mass is 983 g/mol. The zero-order chi connectivity index (χ0) is 53.5. The van der Waals surface area contributed by atoms with Crippen molar-refractivity contribution in [2.24, 2.45) is 23.5 Å². The van der Waals surface area contributed by atoms with Gasteiger partial charge in [-0.3, -0.25) is 24.0 Å². The number of ether oxygens (including phenoxy) is 2. The van der Waals surface area contributed by atoms with Gasteiger partial charge in [-0.2, -0.15) is 0 Å². The third kappa shape index (κ3) is 25.8. The van der Waals surface area contributed by atoms with Gasteiger partial charge >= 0.3 is 5.97 Å². The quantitative estimate of drug-likeness (QED) is 0.0416. The standard InChI is InChI=1S/C29H46N6O9.C19H16.2C4H10/c1-16(2)12-20(33-28(40)24(17(3)44-6)35-25(37)19(30)15-43-5)26(38)32-21(14-23(36)31-4)27(39)34-22(29(41)42)13-18-10-8-7-9-11-18;1-4-10-16(11-5-1)19(17-12-6-2-7-13-17)18-14-8-3-9-15-18;2*1-4(2)3/h7-11,16-17,19-22,24H,12-15,30H2,1-6H3,(H,31,36)(H,32,38)(H,33,40)(H,34,39)(H,35,37)(H,41,42);1-15,19H;2*4H,1-3H3/t17-,19+,20+,21+,22+,24+;;;/m1.../s1. The Labute approximate surface area is 422 Å². The molecule has 0 bridgehead atoms. The largest absolute Gasteiger partial charge is 0.480 e. The number of methoxy groups -OCH3 is 2. The van der Waals surface area contributed by atoms with Gasteiger partial charge in [0, 0.05) is 33.6 Å². The van der Waals surface area contributed by atoms with E-state index >= 15 is 0 Å². The molecule has 6 atom stereocenters. The van der Waals surface area contributed by atoms with E-state index in [1.807, 2.05) is 13.8 Å². The van der Waals surface area contributed by atoms with Crippen molar-refractivity contribution >= 4 is 35.5 Å². The number of nitrogens with one attached hydrogen (secondary N) is 5. The molecule has 0 aliphatic heterocycles. The van der Waals surface area contributed by atoms with E-state index in [1.54, 1.807) is 37.3 Å². The van der Waals surface area contributed by atoms with E-state index in [-0.39, 0.29) is 25.4 Å². The highest BCUT2D eigenvalue weighted by molar-refractivity contribution is 5.97. The van der Waals surface area contributed by atoms with Crippen molar-refractivity contribution in [2.45, 2.75) is 124 Å². The molecule has 4 aromatic carbocycles. The first-order chi connectivity index (χ1) is 33.6. The van der Waals surface area contributed by atoms with Crippen LogP contribution in [0.1, 0.15) is 103 Å². The Morgan fingerprint density at radius 2 is 0.944 bits per heavy atom. The number of carboxylic acids is 1. The average molecular weight is 983 g/mol. The van der Waals surface area contributed by atoms with Gasteiger partial charge in [0.2, 0.25) is 29.5 Å². The fourth-order valence-corrected chi connectivity index (χ4v) is 6.62. The van der Waals surface area contributed by atoms with Crippen LogP contribution in [0.2, 0.25) is 0 Å². The number of rotatable bonds is 22. The highest BCUT2D eigenvalue weighted by Gasteiger charge is 2.35. The van der Waals surface area contributed by atoms with Gasteiger partial charge in [0.05, 0.1) is 19.1 Å². The van der Waals surface area contributed by atoms with E-state index in [9.17, 15) is 33.9 Å². The third-order valence-corrected chi connectivity index (χ3v) is 10.0. The summed E-state index contributed by atoms with van der Waals surface area (Å²) in [7, 11) is 4.06. The van der Waals surface area contributed by atoms with E-state index in [0.29, 0.717) is 11.5 Å². The average Bonchev–Trinajstić information content (AvgIpc) is 3.33. The smallest absolute Gasteiger partial charge is 0.326 e. The fourth-order valence-electron chi connectivity index (χ4n) is 6.62. The molecule has 15 nitrogen and oxygen atoms in total. The molecular formula is C56H82N6O9. The topological polar surface area (TPSA) is 227 Å². The van der Waals surface area contributed by atoms with Crippen LogP contribution in [0.3, 0.4) is 0 Å². The van der Waals surface area contributed by atoms with Gasteiger partial charge in [-0.05, 0) is 53.4 Å². The van der Waals surface area contributed by atoms with E-state index in [4.69, 9.17) is 15.2 Å². The summed E-state index contributed by atoms with van der Waals surface area (Å²) in [5, 5.41) is 22.1. The van der Waals surface area contributed by atoms with Gasteiger partial charge in [-0.25, -0.2) is 4.79 Å².